The van der Waals surface area contributed by atoms with Crippen molar-refractivity contribution < 1.29 is 9.59 Å². The first-order valence-electron chi connectivity index (χ1n) is 5.65. The van der Waals surface area contributed by atoms with Crippen LogP contribution in [0.4, 0.5) is 0 Å². The lowest BCUT2D eigenvalue weighted by molar-refractivity contribution is -0.135. The highest BCUT2D eigenvalue weighted by Crippen LogP contribution is 2.43. The Kier molecular flexibility index (Phi) is 3.51. The summed E-state index contributed by atoms with van der Waals surface area (Å²) in [6.45, 7) is 9.76. The number of carbonyl (C=O) groups excluding carboxylic acids is 2. The highest BCUT2D eigenvalue weighted by molar-refractivity contribution is 6.41. The van der Waals surface area contributed by atoms with Crippen molar-refractivity contribution in [3.63, 3.8) is 0 Å². The summed E-state index contributed by atoms with van der Waals surface area (Å²) < 4.78 is 0. The molecule has 0 N–H and O–H groups in total. The van der Waals surface area contributed by atoms with Crippen LogP contribution in [0.5, 0.6) is 0 Å². The van der Waals surface area contributed by atoms with Gasteiger partial charge in [-0.05, 0) is 29.7 Å². The molecule has 2 nitrogen and oxygen atoms in total. The highest BCUT2D eigenvalue weighted by atomic mass is 16.2. The van der Waals surface area contributed by atoms with Gasteiger partial charge in [-0.2, -0.15) is 0 Å². The average Bonchev–Trinajstić information content (AvgIpc) is 2.13. The molecule has 0 aliphatic heterocycles. The second-order valence-electron chi connectivity index (χ2n) is 5.77. The fourth-order valence-corrected chi connectivity index (χ4v) is 2.58. The van der Waals surface area contributed by atoms with Gasteiger partial charge in [0.15, 0.2) is 0 Å². The smallest absolute Gasteiger partial charge is 0.220 e. The third-order valence-electron chi connectivity index (χ3n) is 3.10. The lowest BCUT2D eigenvalue weighted by atomic mass is 9.66. The lowest BCUT2D eigenvalue weighted by Crippen LogP contribution is -2.31. The number of hydrogen-bond donors (Lipinski definition) is 0. The normalized spacial score (nSPS) is 27.4. The summed E-state index contributed by atoms with van der Waals surface area (Å²) in [7, 11) is 0. The Morgan fingerprint density at radius 1 is 1.38 bits per heavy atom. The summed E-state index contributed by atoms with van der Waals surface area (Å²) in [6, 6.07) is 0. The topological polar surface area (TPSA) is 34.1 Å². The summed E-state index contributed by atoms with van der Waals surface area (Å²) >= 11 is 0. The summed E-state index contributed by atoms with van der Waals surface area (Å²) in [4.78, 5) is 22.8. The van der Waals surface area contributed by atoms with Crippen LogP contribution in [-0.4, -0.2) is 11.6 Å². The third-order valence-corrected chi connectivity index (χ3v) is 3.10. The van der Waals surface area contributed by atoms with Crippen molar-refractivity contribution >= 4 is 11.6 Å². The van der Waals surface area contributed by atoms with Gasteiger partial charge >= 0.3 is 0 Å². The van der Waals surface area contributed by atoms with E-state index in [1.165, 1.54) is 0 Å². The first kappa shape index (κ1) is 12.9. The van der Waals surface area contributed by atoms with Gasteiger partial charge in [0.2, 0.25) is 11.6 Å². The van der Waals surface area contributed by atoms with Crippen molar-refractivity contribution in [3.05, 3.63) is 24.8 Å². The Labute approximate surface area is 97.4 Å². The van der Waals surface area contributed by atoms with Gasteiger partial charge in [0.25, 0.3) is 0 Å². The molecule has 0 saturated carbocycles. The summed E-state index contributed by atoms with van der Waals surface area (Å²) in [5.74, 6) is -0.808. The Balaban J connectivity index is 2.76. The van der Waals surface area contributed by atoms with Crippen LogP contribution in [0, 0.1) is 10.8 Å². The van der Waals surface area contributed by atoms with Gasteiger partial charge in [-0.15, -0.1) is 0 Å². The number of Topliss-reactive ketones (excluding diaryl/α,β-unsaturated/α-hetero) is 1. The van der Waals surface area contributed by atoms with E-state index in [1.54, 1.807) is 0 Å². The standard InChI is InChI=1S/C14H20O2/c1-5-11(15)12(16)9-14(4)8-6-7-13(2,3)10-14/h5-6,8H,1,7,9-10H2,2-4H3. The minimum absolute atomic E-state index is 0.183. The van der Waals surface area contributed by atoms with Crippen molar-refractivity contribution in [2.45, 2.75) is 40.0 Å². The molecule has 0 aromatic rings. The molecule has 0 aromatic carbocycles. The number of rotatable bonds is 4. The Morgan fingerprint density at radius 3 is 2.50 bits per heavy atom. The Bertz CT molecular complexity index is 350. The van der Waals surface area contributed by atoms with Crippen molar-refractivity contribution in [2.24, 2.45) is 10.8 Å². The molecule has 0 bridgehead atoms. The first-order valence-corrected chi connectivity index (χ1v) is 5.65. The van der Waals surface area contributed by atoms with Gasteiger partial charge in [-0.1, -0.05) is 39.5 Å². The van der Waals surface area contributed by atoms with Gasteiger partial charge < -0.3 is 0 Å². The molecule has 0 fully saturated rings. The quantitative estimate of drug-likeness (QED) is 0.414. The Hall–Kier alpha value is -1.18. The molecule has 0 amide bonds. The molecule has 88 valence electrons. The van der Waals surface area contributed by atoms with Crippen molar-refractivity contribution in [1.82, 2.24) is 0 Å². The van der Waals surface area contributed by atoms with Crippen LogP contribution in [0.15, 0.2) is 24.8 Å². The van der Waals surface area contributed by atoms with E-state index < -0.39 is 5.78 Å². The summed E-state index contributed by atoms with van der Waals surface area (Å²) in [6.07, 6.45) is 7.56. The van der Waals surface area contributed by atoms with E-state index in [0.717, 1.165) is 18.9 Å². The molecule has 0 spiro atoms. The SMILES string of the molecule is C=CC(=O)C(=O)CC1(C)C=CCC(C)(C)C1. The monoisotopic (exact) mass is 220 g/mol. The molecule has 1 aliphatic carbocycles. The number of hydrogen-bond acceptors (Lipinski definition) is 2. The highest BCUT2D eigenvalue weighted by Gasteiger charge is 2.35. The van der Waals surface area contributed by atoms with Crippen LogP contribution in [0.25, 0.3) is 0 Å². The van der Waals surface area contributed by atoms with Crippen LogP contribution in [0.2, 0.25) is 0 Å². The maximum absolute atomic E-state index is 11.6. The molecule has 2 heteroatoms. The second-order valence-corrected chi connectivity index (χ2v) is 5.77. The maximum atomic E-state index is 11.6. The second kappa shape index (κ2) is 4.36. The van der Waals surface area contributed by atoms with Crippen LogP contribution < -0.4 is 0 Å². The largest absolute Gasteiger partial charge is 0.290 e. The minimum Gasteiger partial charge on any atom is -0.290 e. The zero-order valence-electron chi connectivity index (χ0n) is 10.4. The Morgan fingerprint density at radius 2 is 2.00 bits per heavy atom. The molecule has 1 rings (SSSR count). The van der Waals surface area contributed by atoms with Crippen molar-refractivity contribution in [1.29, 1.82) is 0 Å². The molecule has 0 heterocycles. The van der Waals surface area contributed by atoms with E-state index in [9.17, 15) is 9.59 Å². The van der Waals surface area contributed by atoms with E-state index in [-0.39, 0.29) is 23.0 Å². The molecule has 1 unspecified atom stereocenters. The predicted molar refractivity (Wildman–Crippen MR) is 65.1 cm³/mol. The summed E-state index contributed by atoms with van der Waals surface area (Å²) in [5.41, 5.74) is 0.0263. The molecule has 16 heavy (non-hydrogen) atoms. The number of ketones is 2. The molecule has 1 atom stereocenters. The fraction of sp³-hybridized carbons (Fsp3) is 0.571. The molecule has 0 saturated heterocycles. The van der Waals surface area contributed by atoms with Crippen LogP contribution in [0.3, 0.4) is 0 Å². The van der Waals surface area contributed by atoms with Gasteiger partial charge in [0.1, 0.15) is 0 Å². The molecule has 0 radical (unpaired) electrons. The van der Waals surface area contributed by atoms with E-state index in [2.05, 4.69) is 32.6 Å². The zero-order valence-corrected chi connectivity index (χ0v) is 10.4. The zero-order chi connectivity index (χ0) is 12.4. The fourth-order valence-electron chi connectivity index (χ4n) is 2.58. The van der Waals surface area contributed by atoms with E-state index in [1.807, 2.05) is 6.92 Å². The van der Waals surface area contributed by atoms with E-state index in [0.29, 0.717) is 0 Å². The summed E-state index contributed by atoms with van der Waals surface area (Å²) in [5, 5.41) is 0. The van der Waals surface area contributed by atoms with Gasteiger partial charge in [0.05, 0.1) is 0 Å². The number of allylic oxidation sites excluding steroid dienone is 3. The average molecular weight is 220 g/mol. The van der Waals surface area contributed by atoms with Crippen LogP contribution in [0.1, 0.15) is 40.0 Å². The third kappa shape index (κ3) is 3.16. The minimum atomic E-state index is -0.474. The van der Waals surface area contributed by atoms with Crippen LogP contribution >= 0.6 is 0 Å². The molecule has 0 aromatic heterocycles. The van der Waals surface area contributed by atoms with Crippen molar-refractivity contribution in [3.8, 4) is 0 Å². The number of carbonyl (C=O) groups is 2. The van der Waals surface area contributed by atoms with E-state index in [4.69, 9.17) is 0 Å². The molecular weight excluding hydrogens is 200 g/mol. The lowest BCUT2D eigenvalue weighted by Gasteiger charge is -2.38. The van der Waals surface area contributed by atoms with Gasteiger partial charge in [-0.25, -0.2) is 0 Å². The predicted octanol–water partition coefficient (Wildman–Crippen LogP) is 3.08. The van der Waals surface area contributed by atoms with Crippen molar-refractivity contribution in [2.75, 3.05) is 0 Å². The van der Waals surface area contributed by atoms with E-state index >= 15 is 0 Å². The van der Waals surface area contributed by atoms with Gasteiger partial charge in [0, 0.05) is 6.42 Å². The molecular formula is C14H20O2. The van der Waals surface area contributed by atoms with Gasteiger partial charge in [-0.3, -0.25) is 9.59 Å². The maximum Gasteiger partial charge on any atom is 0.220 e. The molecule has 1 aliphatic rings. The first-order chi connectivity index (χ1) is 7.28. The van der Waals surface area contributed by atoms with Crippen LogP contribution in [-0.2, 0) is 9.59 Å².